The van der Waals surface area contributed by atoms with E-state index in [0.29, 0.717) is 18.6 Å². The molecule has 90 valence electrons. The van der Waals surface area contributed by atoms with Crippen LogP contribution in [0.2, 0.25) is 0 Å². The van der Waals surface area contributed by atoms with Crippen LogP contribution in [-0.2, 0) is 6.54 Å². The Kier molecular flexibility index (Phi) is 5.50. The standard InChI is InChI=1S/C14H24N2/c1-4-5-11(2)16-12(3)14-8-6-13(10-15)7-9-14/h6-9,11-12,16H,4-5,10,15H2,1-3H3. The summed E-state index contributed by atoms with van der Waals surface area (Å²) in [7, 11) is 0. The van der Waals surface area contributed by atoms with Crippen molar-refractivity contribution in [3.05, 3.63) is 35.4 Å². The smallest absolute Gasteiger partial charge is 0.0294 e. The molecule has 0 amide bonds. The van der Waals surface area contributed by atoms with E-state index in [9.17, 15) is 0 Å². The van der Waals surface area contributed by atoms with Crippen molar-refractivity contribution < 1.29 is 0 Å². The Labute approximate surface area is 99.2 Å². The first kappa shape index (κ1) is 13.2. The van der Waals surface area contributed by atoms with Crippen LogP contribution in [0.25, 0.3) is 0 Å². The molecule has 1 aromatic rings. The molecule has 0 aliphatic heterocycles. The van der Waals surface area contributed by atoms with E-state index in [1.807, 2.05) is 0 Å². The minimum atomic E-state index is 0.411. The van der Waals surface area contributed by atoms with Crippen LogP contribution < -0.4 is 11.1 Å². The summed E-state index contributed by atoms with van der Waals surface area (Å²) in [6, 6.07) is 9.54. The Morgan fingerprint density at radius 2 is 1.81 bits per heavy atom. The summed E-state index contributed by atoms with van der Waals surface area (Å²) in [5.41, 5.74) is 8.11. The summed E-state index contributed by atoms with van der Waals surface area (Å²) in [4.78, 5) is 0. The predicted octanol–water partition coefficient (Wildman–Crippen LogP) is 2.98. The molecule has 2 heteroatoms. The van der Waals surface area contributed by atoms with Gasteiger partial charge in [-0.25, -0.2) is 0 Å². The van der Waals surface area contributed by atoms with Crippen molar-refractivity contribution in [2.75, 3.05) is 0 Å². The van der Waals surface area contributed by atoms with Gasteiger partial charge in [0, 0.05) is 18.6 Å². The minimum absolute atomic E-state index is 0.411. The average Bonchev–Trinajstić information content (AvgIpc) is 2.29. The second-order valence-electron chi connectivity index (χ2n) is 4.52. The van der Waals surface area contributed by atoms with Gasteiger partial charge in [0.05, 0.1) is 0 Å². The molecule has 16 heavy (non-hydrogen) atoms. The molecule has 2 unspecified atom stereocenters. The highest BCUT2D eigenvalue weighted by molar-refractivity contribution is 5.24. The molecule has 0 saturated heterocycles. The van der Waals surface area contributed by atoms with Crippen LogP contribution in [0.1, 0.15) is 50.8 Å². The maximum atomic E-state index is 5.58. The first-order valence-corrected chi connectivity index (χ1v) is 6.22. The summed E-state index contributed by atoms with van der Waals surface area (Å²) >= 11 is 0. The number of rotatable bonds is 6. The second-order valence-corrected chi connectivity index (χ2v) is 4.52. The van der Waals surface area contributed by atoms with E-state index in [1.165, 1.54) is 24.0 Å². The Morgan fingerprint density at radius 3 is 2.31 bits per heavy atom. The van der Waals surface area contributed by atoms with E-state index in [1.54, 1.807) is 0 Å². The maximum absolute atomic E-state index is 5.58. The molecule has 0 bridgehead atoms. The van der Waals surface area contributed by atoms with Gasteiger partial charge in [-0.3, -0.25) is 0 Å². The zero-order valence-electron chi connectivity index (χ0n) is 10.7. The van der Waals surface area contributed by atoms with Gasteiger partial charge in [-0.05, 0) is 31.4 Å². The van der Waals surface area contributed by atoms with Crippen LogP contribution >= 0.6 is 0 Å². The average molecular weight is 220 g/mol. The zero-order valence-corrected chi connectivity index (χ0v) is 10.7. The van der Waals surface area contributed by atoms with Crippen molar-refractivity contribution in [3.63, 3.8) is 0 Å². The Morgan fingerprint density at radius 1 is 1.19 bits per heavy atom. The monoisotopic (exact) mass is 220 g/mol. The molecule has 2 nitrogen and oxygen atoms in total. The zero-order chi connectivity index (χ0) is 12.0. The molecule has 0 spiro atoms. The van der Waals surface area contributed by atoms with Gasteiger partial charge < -0.3 is 11.1 Å². The molecule has 0 fully saturated rings. The van der Waals surface area contributed by atoms with E-state index in [0.717, 1.165) is 0 Å². The Balaban J connectivity index is 2.55. The maximum Gasteiger partial charge on any atom is 0.0294 e. The van der Waals surface area contributed by atoms with Crippen molar-refractivity contribution >= 4 is 0 Å². The summed E-state index contributed by atoms with van der Waals surface area (Å²) < 4.78 is 0. The molecule has 2 atom stereocenters. The lowest BCUT2D eigenvalue weighted by atomic mass is 10.0. The van der Waals surface area contributed by atoms with E-state index < -0.39 is 0 Å². The third-order valence-electron chi connectivity index (χ3n) is 2.97. The SMILES string of the molecule is CCCC(C)NC(C)c1ccc(CN)cc1. The number of nitrogens with one attached hydrogen (secondary N) is 1. The van der Waals surface area contributed by atoms with Crippen molar-refractivity contribution in [1.29, 1.82) is 0 Å². The highest BCUT2D eigenvalue weighted by Crippen LogP contribution is 2.14. The van der Waals surface area contributed by atoms with Crippen LogP contribution in [0.5, 0.6) is 0 Å². The van der Waals surface area contributed by atoms with E-state index in [2.05, 4.69) is 50.4 Å². The highest BCUT2D eigenvalue weighted by Gasteiger charge is 2.08. The highest BCUT2D eigenvalue weighted by atomic mass is 14.9. The van der Waals surface area contributed by atoms with E-state index in [4.69, 9.17) is 5.73 Å². The van der Waals surface area contributed by atoms with E-state index >= 15 is 0 Å². The molecule has 0 aliphatic carbocycles. The summed E-state index contributed by atoms with van der Waals surface area (Å²) in [6.07, 6.45) is 2.46. The fraction of sp³-hybridized carbons (Fsp3) is 0.571. The minimum Gasteiger partial charge on any atom is -0.326 e. The van der Waals surface area contributed by atoms with Crippen LogP contribution in [0.15, 0.2) is 24.3 Å². The normalized spacial score (nSPS) is 14.8. The molecular formula is C14H24N2. The summed E-state index contributed by atoms with van der Waals surface area (Å²) in [5, 5.41) is 3.60. The van der Waals surface area contributed by atoms with Crippen molar-refractivity contribution in [3.8, 4) is 0 Å². The van der Waals surface area contributed by atoms with Crippen LogP contribution in [0.3, 0.4) is 0 Å². The number of hydrogen-bond acceptors (Lipinski definition) is 2. The fourth-order valence-corrected chi connectivity index (χ4v) is 1.98. The number of hydrogen-bond donors (Lipinski definition) is 2. The van der Waals surface area contributed by atoms with Crippen molar-refractivity contribution in [2.24, 2.45) is 5.73 Å². The quantitative estimate of drug-likeness (QED) is 0.773. The third-order valence-corrected chi connectivity index (χ3v) is 2.97. The molecule has 0 aliphatic rings. The molecule has 0 aromatic heterocycles. The summed E-state index contributed by atoms with van der Waals surface area (Å²) in [6.45, 7) is 7.30. The van der Waals surface area contributed by atoms with Crippen LogP contribution in [0.4, 0.5) is 0 Å². The Hall–Kier alpha value is -0.860. The lowest BCUT2D eigenvalue weighted by Crippen LogP contribution is -2.28. The first-order valence-electron chi connectivity index (χ1n) is 6.22. The number of benzene rings is 1. The molecule has 1 aromatic carbocycles. The van der Waals surface area contributed by atoms with Gasteiger partial charge in [-0.2, -0.15) is 0 Å². The predicted molar refractivity (Wildman–Crippen MR) is 70.3 cm³/mol. The van der Waals surface area contributed by atoms with Gasteiger partial charge in [-0.1, -0.05) is 37.6 Å². The molecule has 3 N–H and O–H groups in total. The van der Waals surface area contributed by atoms with Crippen molar-refractivity contribution in [1.82, 2.24) is 5.32 Å². The lowest BCUT2D eigenvalue weighted by Gasteiger charge is -2.20. The van der Waals surface area contributed by atoms with Gasteiger partial charge in [0.2, 0.25) is 0 Å². The third kappa shape index (κ3) is 3.95. The largest absolute Gasteiger partial charge is 0.326 e. The van der Waals surface area contributed by atoms with Gasteiger partial charge in [0.15, 0.2) is 0 Å². The molecule has 0 saturated carbocycles. The van der Waals surface area contributed by atoms with Gasteiger partial charge in [0.1, 0.15) is 0 Å². The molecule has 1 rings (SSSR count). The topological polar surface area (TPSA) is 38.0 Å². The van der Waals surface area contributed by atoms with Gasteiger partial charge in [-0.15, -0.1) is 0 Å². The lowest BCUT2D eigenvalue weighted by molar-refractivity contribution is 0.452. The summed E-state index contributed by atoms with van der Waals surface area (Å²) in [5.74, 6) is 0. The van der Waals surface area contributed by atoms with Crippen LogP contribution in [0, 0.1) is 0 Å². The van der Waals surface area contributed by atoms with Crippen LogP contribution in [-0.4, -0.2) is 6.04 Å². The molecule has 0 heterocycles. The molecule has 0 radical (unpaired) electrons. The second kappa shape index (κ2) is 6.66. The Bertz CT molecular complexity index is 292. The van der Waals surface area contributed by atoms with Crippen molar-refractivity contribution in [2.45, 2.75) is 52.2 Å². The van der Waals surface area contributed by atoms with Gasteiger partial charge in [0.25, 0.3) is 0 Å². The number of nitrogens with two attached hydrogens (primary N) is 1. The first-order chi connectivity index (χ1) is 7.67. The van der Waals surface area contributed by atoms with E-state index in [-0.39, 0.29) is 0 Å². The fourth-order valence-electron chi connectivity index (χ4n) is 1.98. The van der Waals surface area contributed by atoms with Gasteiger partial charge >= 0.3 is 0 Å². The molecular weight excluding hydrogens is 196 g/mol.